The van der Waals surface area contributed by atoms with Crippen LogP contribution in [0, 0.1) is 27.2 Å². The van der Waals surface area contributed by atoms with Crippen molar-refractivity contribution in [2.75, 3.05) is 20.8 Å². The summed E-state index contributed by atoms with van der Waals surface area (Å²) in [6.45, 7) is 12.2. The Bertz CT molecular complexity index is 1670. The fourth-order valence-electron chi connectivity index (χ4n) is 9.31. The maximum Gasteiger partial charge on any atom is 0.310 e. The highest BCUT2D eigenvalue weighted by molar-refractivity contribution is 14.1. The molecule has 0 radical (unpaired) electrons. The Morgan fingerprint density at radius 2 is 1.84 bits per heavy atom. The van der Waals surface area contributed by atoms with Crippen molar-refractivity contribution in [1.82, 2.24) is 0 Å². The summed E-state index contributed by atoms with van der Waals surface area (Å²) in [5, 5.41) is 22.6. The van der Waals surface area contributed by atoms with E-state index in [0.717, 1.165) is 11.1 Å². The van der Waals surface area contributed by atoms with Crippen molar-refractivity contribution in [2.45, 2.75) is 88.5 Å². The molecule has 1 heterocycles. The number of benzene rings is 2. The van der Waals surface area contributed by atoms with Gasteiger partial charge in [0.2, 0.25) is 0 Å². The highest BCUT2D eigenvalue weighted by Crippen LogP contribution is 2.64. The van der Waals surface area contributed by atoms with Crippen molar-refractivity contribution >= 4 is 34.3 Å². The second kappa shape index (κ2) is 13.1. The van der Waals surface area contributed by atoms with Gasteiger partial charge < -0.3 is 33.9 Å². The molecule has 4 aliphatic rings. The number of carbonyl (C=O) groups is 2. The molecule has 0 aromatic heterocycles. The minimum atomic E-state index is -1.79. The lowest BCUT2D eigenvalue weighted by molar-refractivity contribution is -0.176. The summed E-state index contributed by atoms with van der Waals surface area (Å²) in [4.78, 5) is 27.1. The molecule has 2 aromatic carbocycles. The molecule has 10 heteroatoms. The van der Waals surface area contributed by atoms with Gasteiger partial charge in [0.1, 0.15) is 16.8 Å². The lowest BCUT2D eigenvalue weighted by Gasteiger charge is -2.56. The molecule has 9 atom stereocenters. The first-order valence-electron chi connectivity index (χ1n) is 17.0. The van der Waals surface area contributed by atoms with Crippen LogP contribution in [-0.4, -0.2) is 71.5 Å². The standard InChI is InChI=1S/C39H47IO9/c1-22(2)38-18-24(4)39(46-7)28(35(38)48-36(5,49-38)19-25-11-9-8-10-12-25)14-27(20-37(44)31(39)13-23(3)34(37)43)21-47-32(41)17-26-15-29(40)33(42)30(16-26)45-6/h8-13,15-16,23-24,27-28,35,42,44H,1,14,17-21H2,2-7H3/t23?,24-,27?,28?,35-,36+,37-,38-,39-/m1/s1. The number of aromatic hydroxyl groups is 1. The number of allylic oxidation sites excluding steroid dienone is 1. The van der Waals surface area contributed by atoms with E-state index >= 15 is 0 Å². The fourth-order valence-corrected chi connectivity index (χ4v) is 9.97. The zero-order chi connectivity index (χ0) is 35.5. The molecule has 264 valence electrons. The molecule has 6 rings (SSSR count). The SMILES string of the molecule is C=C(C)[C@]12C[C@@H](C)[C@]3(OC)C4=CC(C)C(=O)[C@@]4(O)CC(COC(=O)Cc4cc(I)c(O)c(OC)c4)CC3[C@H]1O[C@](C)(Cc1ccccc1)O2. The van der Waals surface area contributed by atoms with Crippen LogP contribution < -0.4 is 4.74 Å². The van der Waals surface area contributed by atoms with Crippen molar-refractivity contribution in [3.05, 3.63) is 81.0 Å². The summed E-state index contributed by atoms with van der Waals surface area (Å²) in [5.74, 6) is -2.91. The van der Waals surface area contributed by atoms with E-state index in [1.165, 1.54) is 7.11 Å². The number of ketones is 1. The number of esters is 1. The first kappa shape index (κ1) is 36.0. The van der Waals surface area contributed by atoms with Crippen LogP contribution in [0.25, 0.3) is 0 Å². The lowest BCUT2D eigenvalue weighted by atomic mass is 9.56. The number of halogens is 1. The molecule has 2 N–H and O–H groups in total. The topological polar surface area (TPSA) is 121 Å². The molecular weight excluding hydrogens is 739 g/mol. The van der Waals surface area contributed by atoms with Crippen LogP contribution in [0.15, 0.2) is 66.3 Å². The third-order valence-corrected chi connectivity index (χ3v) is 12.2. The van der Waals surface area contributed by atoms with Crippen LogP contribution in [-0.2, 0) is 41.4 Å². The second-order valence-electron chi connectivity index (χ2n) is 14.7. The maximum atomic E-state index is 13.8. The molecule has 2 saturated carbocycles. The van der Waals surface area contributed by atoms with Gasteiger partial charge in [-0.05, 0) is 102 Å². The van der Waals surface area contributed by atoms with Crippen molar-refractivity contribution in [1.29, 1.82) is 0 Å². The fraction of sp³-hybridized carbons (Fsp3) is 0.538. The normalized spacial score (nSPS) is 36.6. The van der Waals surface area contributed by atoms with Gasteiger partial charge in [0.15, 0.2) is 23.1 Å². The molecule has 0 amide bonds. The summed E-state index contributed by atoms with van der Waals surface area (Å²) in [6.07, 6.45) is 2.90. The van der Waals surface area contributed by atoms with E-state index in [0.29, 0.717) is 34.0 Å². The lowest BCUT2D eigenvalue weighted by Crippen LogP contribution is -2.65. The summed E-state index contributed by atoms with van der Waals surface area (Å²) in [5.41, 5.74) is -0.545. The molecule has 0 spiro atoms. The molecule has 3 unspecified atom stereocenters. The molecular formula is C39H47IO9. The molecule has 2 aromatic rings. The van der Waals surface area contributed by atoms with Gasteiger partial charge in [-0.3, -0.25) is 9.59 Å². The van der Waals surface area contributed by atoms with Gasteiger partial charge in [-0.2, -0.15) is 0 Å². The summed E-state index contributed by atoms with van der Waals surface area (Å²) in [6, 6.07) is 13.4. The first-order valence-corrected chi connectivity index (χ1v) is 18.0. The monoisotopic (exact) mass is 786 g/mol. The highest BCUT2D eigenvalue weighted by atomic mass is 127. The summed E-state index contributed by atoms with van der Waals surface area (Å²) in [7, 11) is 3.11. The summed E-state index contributed by atoms with van der Waals surface area (Å²) >= 11 is 1.99. The third-order valence-electron chi connectivity index (χ3n) is 11.3. The predicted octanol–water partition coefficient (Wildman–Crippen LogP) is 6.11. The number of phenols is 1. The minimum Gasteiger partial charge on any atom is -0.504 e. The van der Waals surface area contributed by atoms with Crippen LogP contribution in [0.5, 0.6) is 11.5 Å². The van der Waals surface area contributed by atoms with E-state index in [9.17, 15) is 19.8 Å². The zero-order valence-electron chi connectivity index (χ0n) is 29.1. The number of rotatable bonds is 9. The number of hydrogen-bond acceptors (Lipinski definition) is 9. The highest BCUT2D eigenvalue weighted by Gasteiger charge is 2.72. The number of ether oxygens (including phenoxy) is 5. The zero-order valence-corrected chi connectivity index (χ0v) is 31.2. The Labute approximate surface area is 302 Å². The molecule has 9 nitrogen and oxygen atoms in total. The number of phenolic OH excluding ortho intramolecular Hbond substituents is 1. The smallest absolute Gasteiger partial charge is 0.310 e. The van der Waals surface area contributed by atoms with E-state index in [2.05, 4.69) is 25.6 Å². The van der Waals surface area contributed by atoms with Gasteiger partial charge in [-0.25, -0.2) is 0 Å². The molecule has 1 saturated heterocycles. The number of hydrogen-bond donors (Lipinski definition) is 2. The van der Waals surface area contributed by atoms with Crippen molar-refractivity contribution in [3.8, 4) is 11.5 Å². The number of fused-ring (bicyclic) bond motifs is 5. The van der Waals surface area contributed by atoms with Crippen molar-refractivity contribution in [3.63, 3.8) is 0 Å². The van der Waals surface area contributed by atoms with Crippen LogP contribution in [0.1, 0.15) is 58.1 Å². The number of aliphatic hydroxyl groups is 1. The van der Waals surface area contributed by atoms with E-state index in [1.807, 2.05) is 60.7 Å². The van der Waals surface area contributed by atoms with Gasteiger partial charge in [0.05, 0.1) is 29.8 Å². The third kappa shape index (κ3) is 5.95. The Morgan fingerprint density at radius 3 is 2.49 bits per heavy atom. The second-order valence-corrected chi connectivity index (χ2v) is 15.9. The molecule has 3 aliphatic carbocycles. The average Bonchev–Trinajstić information content (AvgIpc) is 3.43. The Balaban J connectivity index is 1.36. The van der Waals surface area contributed by atoms with Gasteiger partial charge in [-0.15, -0.1) is 0 Å². The Morgan fingerprint density at radius 1 is 1.12 bits per heavy atom. The molecule has 49 heavy (non-hydrogen) atoms. The average molecular weight is 787 g/mol. The minimum absolute atomic E-state index is 0.0119. The maximum absolute atomic E-state index is 13.8. The number of methoxy groups -OCH3 is 2. The Hall–Kier alpha value is -2.77. The predicted molar refractivity (Wildman–Crippen MR) is 191 cm³/mol. The van der Waals surface area contributed by atoms with Crippen molar-refractivity contribution < 1.29 is 43.5 Å². The van der Waals surface area contributed by atoms with E-state index < -0.39 is 46.5 Å². The van der Waals surface area contributed by atoms with Crippen LogP contribution in [0.3, 0.4) is 0 Å². The Kier molecular flexibility index (Phi) is 9.62. The first-order chi connectivity index (χ1) is 23.1. The van der Waals surface area contributed by atoms with E-state index in [1.54, 1.807) is 26.2 Å². The van der Waals surface area contributed by atoms with Crippen molar-refractivity contribution in [2.24, 2.45) is 23.7 Å². The molecule has 0 bridgehead atoms. The van der Waals surface area contributed by atoms with Gasteiger partial charge in [-0.1, -0.05) is 56.8 Å². The van der Waals surface area contributed by atoms with Gasteiger partial charge in [0.25, 0.3) is 0 Å². The van der Waals surface area contributed by atoms with E-state index in [4.69, 9.17) is 23.7 Å². The van der Waals surface area contributed by atoms with Crippen LogP contribution in [0.4, 0.5) is 0 Å². The van der Waals surface area contributed by atoms with Crippen LogP contribution in [0.2, 0.25) is 0 Å². The summed E-state index contributed by atoms with van der Waals surface area (Å²) < 4.78 is 32.4. The quantitative estimate of drug-likeness (QED) is 0.176. The molecule has 1 aliphatic heterocycles. The van der Waals surface area contributed by atoms with E-state index in [-0.39, 0.29) is 48.6 Å². The van der Waals surface area contributed by atoms with Crippen LogP contribution >= 0.6 is 22.6 Å². The number of carbonyl (C=O) groups excluding carboxylic acids is 2. The molecule has 3 fully saturated rings. The largest absolute Gasteiger partial charge is 0.504 e. The number of Topliss-reactive ketones (excluding diaryl/α,β-unsaturated/α-hetero) is 1. The van der Waals surface area contributed by atoms with Gasteiger partial charge in [0, 0.05) is 25.4 Å². The van der Waals surface area contributed by atoms with Gasteiger partial charge >= 0.3 is 5.97 Å².